The van der Waals surface area contributed by atoms with Gasteiger partial charge in [0.15, 0.2) is 0 Å². The average Bonchev–Trinajstić information content (AvgIpc) is 3.23. The van der Waals surface area contributed by atoms with Crippen LogP contribution in [0.2, 0.25) is 0 Å². The Morgan fingerprint density at radius 1 is 1.31 bits per heavy atom. The molecule has 3 aromatic rings. The van der Waals surface area contributed by atoms with E-state index in [1.807, 2.05) is 0 Å². The second-order valence-electron chi connectivity index (χ2n) is 6.52. The molecular formula is C17H17F3N6. The van der Waals surface area contributed by atoms with E-state index in [0.717, 1.165) is 0 Å². The SMILES string of the molecule is N#CCCN1CCC(n2c(C(F)(F)F)nc3cnc4[nH]ccc4c32)CC1. The number of rotatable bonds is 3. The highest BCUT2D eigenvalue weighted by Gasteiger charge is 2.40. The van der Waals surface area contributed by atoms with E-state index in [2.05, 4.69) is 25.9 Å². The number of alkyl halides is 3. The lowest BCUT2D eigenvalue weighted by atomic mass is 10.0. The number of aromatic amines is 1. The highest BCUT2D eigenvalue weighted by Crippen LogP contribution is 2.38. The van der Waals surface area contributed by atoms with Crippen molar-refractivity contribution in [2.45, 2.75) is 31.5 Å². The van der Waals surface area contributed by atoms with Crippen LogP contribution < -0.4 is 0 Å². The van der Waals surface area contributed by atoms with Crippen LogP contribution in [0.1, 0.15) is 31.1 Å². The molecule has 9 heteroatoms. The van der Waals surface area contributed by atoms with Crippen LogP contribution in [0.3, 0.4) is 0 Å². The van der Waals surface area contributed by atoms with Gasteiger partial charge in [0, 0.05) is 43.7 Å². The molecule has 1 saturated heterocycles. The second-order valence-corrected chi connectivity index (χ2v) is 6.52. The quantitative estimate of drug-likeness (QED) is 0.774. The molecule has 136 valence electrons. The maximum atomic E-state index is 13.7. The molecule has 1 aliphatic heterocycles. The summed E-state index contributed by atoms with van der Waals surface area (Å²) in [5.41, 5.74) is 1.30. The second kappa shape index (κ2) is 6.29. The zero-order valence-corrected chi connectivity index (χ0v) is 13.9. The topological polar surface area (TPSA) is 73.5 Å². The van der Waals surface area contributed by atoms with E-state index in [1.165, 1.54) is 10.8 Å². The molecule has 0 amide bonds. The number of imidazole rings is 1. The minimum Gasteiger partial charge on any atom is -0.346 e. The van der Waals surface area contributed by atoms with Gasteiger partial charge in [0.1, 0.15) is 11.2 Å². The number of nitrogens with zero attached hydrogens (tertiary/aromatic N) is 5. The van der Waals surface area contributed by atoms with Crippen molar-refractivity contribution in [1.29, 1.82) is 5.26 Å². The van der Waals surface area contributed by atoms with E-state index in [0.29, 0.717) is 55.4 Å². The zero-order valence-electron chi connectivity index (χ0n) is 13.9. The molecule has 4 rings (SSSR count). The van der Waals surface area contributed by atoms with E-state index in [1.54, 1.807) is 12.3 Å². The zero-order chi connectivity index (χ0) is 18.3. The minimum atomic E-state index is -4.53. The van der Waals surface area contributed by atoms with Crippen molar-refractivity contribution in [2.24, 2.45) is 0 Å². The summed E-state index contributed by atoms with van der Waals surface area (Å²) in [6, 6.07) is 3.57. The number of piperidine rings is 1. The van der Waals surface area contributed by atoms with Gasteiger partial charge >= 0.3 is 6.18 Å². The summed E-state index contributed by atoms with van der Waals surface area (Å²) in [4.78, 5) is 13.1. The maximum absolute atomic E-state index is 13.7. The fourth-order valence-electron chi connectivity index (χ4n) is 3.76. The third kappa shape index (κ3) is 2.80. The number of hydrogen-bond donors (Lipinski definition) is 1. The Morgan fingerprint density at radius 2 is 2.08 bits per heavy atom. The minimum absolute atomic E-state index is 0.260. The Labute approximate surface area is 147 Å². The lowest BCUT2D eigenvalue weighted by molar-refractivity contribution is -0.147. The van der Waals surface area contributed by atoms with Gasteiger partial charge in [0.25, 0.3) is 0 Å². The number of nitrogens with one attached hydrogen (secondary N) is 1. The summed E-state index contributed by atoms with van der Waals surface area (Å²) in [7, 11) is 0. The molecule has 0 spiro atoms. The summed E-state index contributed by atoms with van der Waals surface area (Å²) >= 11 is 0. The third-order valence-electron chi connectivity index (χ3n) is 4.95. The fraction of sp³-hybridized carbons (Fsp3) is 0.471. The highest BCUT2D eigenvalue weighted by molar-refractivity contribution is 6.01. The molecule has 1 fully saturated rings. The van der Waals surface area contributed by atoms with Gasteiger partial charge in [-0.2, -0.15) is 18.4 Å². The van der Waals surface area contributed by atoms with Crippen LogP contribution in [0.5, 0.6) is 0 Å². The van der Waals surface area contributed by atoms with E-state index in [9.17, 15) is 13.2 Å². The molecule has 1 aliphatic rings. The maximum Gasteiger partial charge on any atom is 0.449 e. The molecule has 0 unspecified atom stereocenters. The van der Waals surface area contributed by atoms with Gasteiger partial charge in [0.2, 0.25) is 5.82 Å². The van der Waals surface area contributed by atoms with Crippen molar-refractivity contribution in [3.63, 3.8) is 0 Å². The van der Waals surface area contributed by atoms with Crippen LogP contribution in [0, 0.1) is 11.3 Å². The molecular weight excluding hydrogens is 345 g/mol. The van der Waals surface area contributed by atoms with Crippen LogP contribution in [0.25, 0.3) is 22.1 Å². The molecule has 0 bridgehead atoms. The number of aromatic nitrogens is 4. The van der Waals surface area contributed by atoms with Gasteiger partial charge in [-0.3, -0.25) is 0 Å². The van der Waals surface area contributed by atoms with Gasteiger partial charge in [-0.15, -0.1) is 0 Å². The smallest absolute Gasteiger partial charge is 0.346 e. The number of halogens is 3. The Kier molecular flexibility index (Phi) is 4.07. The molecule has 0 radical (unpaired) electrons. The average molecular weight is 362 g/mol. The van der Waals surface area contributed by atoms with Gasteiger partial charge in [-0.25, -0.2) is 9.97 Å². The van der Waals surface area contributed by atoms with Crippen LogP contribution in [0.4, 0.5) is 13.2 Å². The molecule has 0 aliphatic carbocycles. The highest BCUT2D eigenvalue weighted by atomic mass is 19.4. The van der Waals surface area contributed by atoms with Gasteiger partial charge in [-0.1, -0.05) is 0 Å². The number of likely N-dealkylation sites (tertiary alicyclic amines) is 1. The largest absolute Gasteiger partial charge is 0.449 e. The monoisotopic (exact) mass is 362 g/mol. The standard InChI is InChI=1S/C17H17F3N6/c18-17(19,20)16-24-13-10-23-15-12(2-6-22-15)14(13)26(16)11-3-8-25(9-4-11)7-1-5-21/h2,6,10-11H,1,3-4,7-9H2,(H,22,23). The lowest BCUT2D eigenvalue weighted by Crippen LogP contribution is -2.36. The molecule has 0 aromatic carbocycles. The van der Waals surface area contributed by atoms with Gasteiger partial charge < -0.3 is 14.5 Å². The van der Waals surface area contributed by atoms with E-state index >= 15 is 0 Å². The third-order valence-corrected chi connectivity index (χ3v) is 4.95. The van der Waals surface area contributed by atoms with Crippen molar-refractivity contribution in [3.05, 3.63) is 24.3 Å². The van der Waals surface area contributed by atoms with E-state index in [4.69, 9.17) is 5.26 Å². The van der Waals surface area contributed by atoms with Crippen molar-refractivity contribution in [3.8, 4) is 6.07 Å². The molecule has 4 heterocycles. The van der Waals surface area contributed by atoms with Crippen molar-refractivity contribution in [1.82, 2.24) is 24.4 Å². The first kappa shape index (κ1) is 16.8. The molecule has 26 heavy (non-hydrogen) atoms. The molecule has 3 aromatic heterocycles. The Hall–Kier alpha value is -2.60. The Bertz CT molecular complexity index is 972. The summed E-state index contributed by atoms with van der Waals surface area (Å²) in [5, 5.41) is 9.35. The Morgan fingerprint density at radius 3 is 2.77 bits per heavy atom. The first-order chi connectivity index (χ1) is 12.5. The lowest BCUT2D eigenvalue weighted by Gasteiger charge is -2.33. The fourth-order valence-corrected chi connectivity index (χ4v) is 3.76. The molecule has 6 nitrogen and oxygen atoms in total. The summed E-state index contributed by atoms with van der Waals surface area (Å²) in [6.45, 7) is 2.00. The summed E-state index contributed by atoms with van der Waals surface area (Å²) in [6.07, 6.45) is 0.151. The number of H-pyrrole nitrogens is 1. The first-order valence-electron chi connectivity index (χ1n) is 8.49. The number of pyridine rings is 1. The molecule has 1 N–H and O–H groups in total. The Balaban J connectivity index is 1.78. The summed E-state index contributed by atoms with van der Waals surface area (Å²) in [5.74, 6) is -0.863. The predicted octanol–water partition coefficient (Wildman–Crippen LogP) is 3.48. The van der Waals surface area contributed by atoms with Gasteiger partial charge in [0.05, 0.1) is 17.8 Å². The summed E-state index contributed by atoms with van der Waals surface area (Å²) < 4.78 is 42.3. The van der Waals surface area contributed by atoms with Crippen LogP contribution >= 0.6 is 0 Å². The predicted molar refractivity (Wildman–Crippen MR) is 89.3 cm³/mol. The van der Waals surface area contributed by atoms with E-state index in [-0.39, 0.29) is 11.6 Å². The van der Waals surface area contributed by atoms with Gasteiger partial charge in [-0.05, 0) is 18.9 Å². The number of nitriles is 1. The normalized spacial score (nSPS) is 17.2. The van der Waals surface area contributed by atoms with Crippen molar-refractivity contribution in [2.75, 3.05) is 19.6 Å². The van der Waals surface area contributed by atoms with Crippen molar-refractivity contribution >= 4 is 22.1 Å². The first-order valence-corrected chi connectivity index (χ1v) is 8.49. The number of fused-ring (bicyclic) bond motifs is 3. The van der Waals surface area contributed by atoms with Crippen LogP contribution in [-0.4, -0.2) is 44.1 Å². The molecule has 0 atom stereocenters. The van der Waals surface area contributed by atoms with E-state index < -0.39 is 12.0 Å². The van der Waals surface area contributed by atoms with Crippen molar-refractivity contribution < 1.29 is 13.2 Å². The van der Waals surface area contributed by atoms with Crippen LogP contribution in [-0.2, 0) is 6.18 Å². The number of hydrogen-bond acceptors (Lipinski definition) is 4. The molecule has 0 saturated carbocycles. The van der Waals surface area contributed by atoms with Crippen LogP contribution in [0.15, 0.2) is 18.5 Å².